The summed E-state index contributed by atoms with van der Waals surface area (Å²) < 4.78 is 0. The summed E-state index contributed by atoms with van der Waals surface area (Å²) in [6, 6.07) is 2.55. The Hall–Kier alpha value is -1.20. The van der Waals surface area contributed by atoms with Crippen LogP contribution in [-0.2, 0) is 6.54 Å². The number of nitrogens with zero attached hydrogens (tertiary/aromatic N) is 3. The largest absolute Gasteiger partial charge is 0.354 e. The van der Waals surface area contributed by atoms with E-state index in [0.29, 0.717) is 18.5 Å². The van der Waals surface area contributed by atoms with Gasteiger partial charge in [-0.25, -0.2) is 9.97 Å². The van der Waals surface area contributed by atoms with E-state index in [9.17, 15) is 0 Å². The second-order valence-electron chi connectivity index (χ2n) is 4.57. The lowest BCUT2D eigenvalue weighted by atomic mass is 10.1. The van der Waals surface area contributed by atoms with Crippen molar-refractivity contribution in [1.29, 1.82) is 0 Å². The van der Waals surface area contributed by atoms with E-state index < -0.39 is 0 Å². The van der Waals surface area contributed by atoms with Gasteiger partial charge in [0.2, 0.25) is 5.95 Å². The Morgan fingerprint density at radius 2 is 2.47 bits per heavy atom. The Morgan fingerprint density at radius 1 is 1.59 bits per heavy atom. The average Bonchev–Trinajstić information content (AvgIpc) is 2.76. The van der Waals surface area contributed by atoms with Gasteiger partial charge in [-0.2, -0.15) is 0 Å². The van der Waals surface area contributed by atoms with Gasteiger partial charge in [-0.15, -0.1) is 0 Å². The van der Waals surface area contributed by atoms with Crippen LogP contribution in [0.3, 0.4) is 0 Å². The normalized spacial score (nSPS) is 20.7. The summed E-state index contributed by atoms with van der Waals surface area (Å²) in [5, 5.41) is 3.26. The van der Waals surface area contributed by atoms with Crippen LogP contribution >= 0.6 is 0 Å². The fourth-order valence-electron chi connectivity index (χ4n) is 2.29. The number of hydrogen-bond donors (Lipinski definition) is 2. The van der Waals surface area contributed by atoms with Crippen LogP contribution in [0.2, 0.25) is 0 Å². The van der Waals surface area contributed by atoms with Gasteiger partial charge in [-0.1, -0.05) is 0 Å². The maximum atomic E-state index is 5.54. The molecule has 0 radical (unpaired) electrons. The maximum Gasteiger partial charge on any atom is 0.222 e. The Balaban J connectivity index is 1.77. The lowest BCUT2D eigenvalue weighted by Gasteiger charge is -2.19. The molecule has 5 heteroatoms. The summed E-state index contributed by atoms with van der Waals surface area (Å²) in [6.07, 6.45) is 5.52. The number of likely N-dealkylation sites (tertiary alicyclic amines) is 1. The fraction of sp³-hybridized carbons (Fsp3) is 0.667. The third-order valence-corrected chi connectivity index (χ3v) is 3.35. The van der Waals surface area contributed by atoms with Crippen molar-refractivity contribution < 1.29 is 0 Å². The van der Waals surface area contributed by atoms with Crippen molar-refractivity contribution in [3.63, 3.8) is 0 Å². The minimum absolute atomic E-state index is 0.461. The lowest BCUT2D eigenvalue weighted by molar-refractivity contribution is 0.301. The molecular weight excluding hydrogens is 214 g/mol. The molecule has 5 nitrogen and oxygen atoms in total. The topological polar surface area (TPSA) is 67.1 Å². The van der Waals surface area contributed by atoms with Crippen LogP contribution in [0, 0.1) is 0 Å². The smallest absolute Gasteiger partial charge is 0.222 e. The first-order valence-corrected chi connectivity index (χ1v) is 6.25. The summed E-state index contributed by atoms with van der Waals surface area (Å²) in [5.41, 5.74) is 6.42. The van der Waals surface area contributed by atoms with Gasteiger partial charge in [0.25, 0.3) is 0 Å². The van der Waals surface area contributed by atoms with Crippen molar-refractivity contribution in [3.05, 3.63) is 18.0 Å². The molecule has 1 aromatic heterocycles. The van der Waals surface area contributed by atoms with E-state index in [4.69, 9.17) is 5.73 Å². The van der Waals surface area contributed by atoms with Crippen molar-refractivity contribution >= 4 is 5.95 Å². The third kappa shape index (κ3) is 3.38. The van der Waals surface area contributed by atoms with Crippen molar-refractivity contribution in [2.45, 2.75) is 31.8 Å². The van der Waals surface area contributed by atoms with Gasteiger partial charge >= 0.3 is 0 Å². The Kier molecular flexibility index (Phi) is 4.28. The first-order valence-electron chi connectivity index (χ1n) is 6.25. The zero-order valence-corrected chi connectivity index (χ0v) is 10.4. The molecule has 0 aliphatic carbocycles. The van der Waals surface area contributed by atoms with Crippen LogP contribution in [0.5, 0.6) is 0 Å². The summed E-state index contributed by atoms with van der Waals surface area (Å²) in [5.74, 6) is 0.689. The molecule has 2 heterocycles. The molecule has 1 unspecified atom stereocenters. The third-order valence-electron chi connectivity index (χ3n) is 3.35. The molecule has 1 atom stereocenters. The molecule has 1 aliphatic heterocycles. The van der Waals surface area contributed by atoms with Crippen LogP contribution in [0.15, 0.2) is 12.3 Å². The minimum atomic E-state index is 0.461. The quantitative estimate of drug-likeness (QED) is 0.791. The Bertz CT molecular complexity index is 355. The summed E-state index contributed by atoms with van der Waals surface area (Å²) in [6.45, 7) is 2.61. The zero-order valence-electron chi connectivity index (χ0n) is 10.4. The van der Waals surface area contributed by atoms with Crippen molar-refractivity contribution in [1.82, 2.24) is 14.9 Å². The highest BCUT2D eigenvalue weighted by Gasteiger charge is 2.19. The molecule has 0 saturated carbocycles. The standard InChI is InChI=1S/C12H21N5/c1-17-8-2-3-11(17)5-7-15-12-14-6-4-10(9-13)16-12/h4,6,11H,2-3,5,7-9,13H2,1H3,(H,14,15,16). The molecule has 1 saturated heterocycles. The molecule has 0 aromatic carbocycles. The maximum absolute atomic E-state index is 5.54. The molecule has 0 bridgehead atoms. The fourth-order valence-corrected chi connectivity index (χ4v) is 2.29. The zero-order chi connectivity index (χ0) is 12.1. The molecule has 1 aromatic rings. The molecule has 94 valence electrons. The Morgan fingerprint density at radius 3 is 3.18 bits per heavy atom. The lowest BCUT2D eigenvalue weighted by Crippen LogP contribution is -2.27. The summed E-state index contributed by atoms with van der Waals surface area (Å²) in [4.78, 5) is 10.9. The number of aromatic nitrogens is 2. The first kappa shape index (κ1) is 12.3. The molecule has 0 spiro atoms. The van der Waals surface area contributed by atoms with Crippen LogP contribution < -0.4 is 11.1 Å². The molecule has 1 aliphatic rings. The summed E-state index contributed by atoms with van der Waals surface area (Å²) >= 11 is 0. The molecule has 3 N–H and O–H groups in total. The van der Waals surface area contributed by atoms with Crippen molar-refractivity contribution in [2.24, 2.45) is 5.73 Å². The van der Waals surface area contributed by atoms with E-state index in [0.717, 1.165) is 18.7 Å². The van der Waals surface area contributed by atoms with E-state index in [1.54, 1.807) is 6.20 Å². The average molecular weight is 235 g/mol. The predicted octanol–water partition coefficient (Wildman–Crippen LogP) is 0.831. The predicted molar refractivity (Wildman–Crippen MR) is 68.7 cm³/mol. The van der Waals surface area contributed by atoms with Crippen LogP contribution in [0.25, 0.3) is 0 Å². The SMILES string of the molecule is CN1CCCC1CCNc1nccc(CN)n1. The van der Waals surface area contributed by atoms with Gasteiger partial charge < -0.3 is 16.0 Å². The first-order chi connectivity index (χ1) is 8.29. The number of anilines is 1. The Labute approximate surface area is 102 Å². The highest BCUT2D eigenvalue weighted by Crippen LogP contribution is 2.17. The monoisotopic (exact) mass is 235 g/mol. The van der Waals surface area contributed by atoms with Gasteiger partial charge in [-0.3, -0.25) is 0 Å². The number of hydrogen-bond acceptors (Lipinski definition) is 5. The minimum Gasteiger partial charge on any atom is -0.354 e. The van der Waals surface area contributed by atoms with E-state index >= 15 is 0 Å². The van der Waals surface area contributed by atoms with Gasteiger partial charge in [-0.05, 0) is 38.9 Å². The van der Waals surface area contributed by atoms with Gasteiger partial charge in [0.1, 0.15) is 0 Å². The number of nitrogens with one attached hydrogen (secondary N) is 1. The highest BCUT2D eigenvalue weighted by molar-refractivity contribution is 5.24. The highest BCUT2D eigenvalue weighted by atomic mass is 15.2. The van der Waals surface area contributed by atoms with E-state index in [1.807, 2.05) is 6.07 Å². The van der Waals surface area contributed by atoms with E-state index in [1.165, 1.54) is 19.4 Å². The molecule has 2 rings (SSSR count). The summed E-state index contributed by atoms with van der Waals surface area (Å²) in [7, 11) is 2.20. The van der Waals surface area contributed by atoms with Gasteiger partial charge in [0.05, 0.1) is 5.69 Å². The number of nitrogens with two attached hydrogens (primary N) is 1. The second kappa shape index (κ2) is 5.93. The molecular formula is C12H21N5. The van der Waals surface area contributed by atoms with E-state index in [2.05, 4.69) is 27.2 Å². The molecule has 1 fully saturated rings. The van der Waals surface area contributed by atoms with Gasteiger partial charge in [0, 0.05) is 25.3 Å². The van der Waals surface area contributed by atoms with Gasteiger partial charge in [0.15, 0.2) is 0 Å². The van der Waals surface area contributed by atoms with Crippen LogP contribution in [0.4, 0.5) is 5.95 Å². The molecule has 17 heavy (non-hydrogen) atoms. The van der Waals surface area contributed by atoms with Crippen molar-refractivity contribution in [2.75, 3.05) is 25.5 Å². The van der Waals surface area contributed by atoms with Crippen molar-refractivity contribution in [3.8, 4) is 0 Å². The van der Waals surface area contributed by atoms with Crippen LogP contribution in [-0.4, -0.2) is 41.0 Å². The van der Waals surface area contributed by atoms with E-state index in [-0.39, 0.29) is 0 Å². The second-order valence-corrected chi connectivity index (χ2v) is 4.57. The van der Waals surface area contributed by atoms with Crippen LogP contribution in [0.1, 0.15) is 25.0 Å². The number of rotatable bonds is 5. The molecule has 0 amide bonds.